The van der Waals surface area contributed by atoms with Crippen LogP contribution in [0.2, 0.25) is 5.02 Å². The van der Waals surface area contributed by atoms with Gasteiger partial charge in [-0.2, -0.15) is 0 Å². The molecular weight excluding hydrogens is 344 g/mol. The third-order valence-corrected chi connectivity index (χ3v) is 4.93. The van der Waals surface area contributed by atoms with Crippen LogP contribution in [0.3, 0.4) is 0 Å². The Morgan fingerprint density at radius 2 is 2.21 bits per heavy atom. The van der Waals surface area contributed by atoms with Crippen molar-refractivity contribution in [3.05, 3.63) is 55.6 Å². The highest BCUT2D eigenvalue weighted by Gasteiger charge is 2.16. The molecular formula is C14H16BrClN2S. The van der Waals surface area contributed by atoms with Gasteiger partial charge in [-0.1, -0.05) is 23.7 Å². The molecule has 1 aromatic carbocycles. The maximum absolute atomic E-state index is 6.05. The molecule has 1 aromatic heterocycles. The number of halogens is 2. The van der Waals surface area contributed by atoms with Gasteiger partial charge in [-0.15, -0.1) is 11.3 Å². The number of likely N-dealkylation sites (N-methyl/N-ethyl adjacent to an activating group) is 1. The quantitative estimate of drug-likeness (QED) is 0.862. The SMILES string of the molecule is CN(Cc1cc(Br)cs1)C(CN)c1cccc(Cl)c1. The summed E-state index contributed by atoms with van der Waals surface area (Å²) in [5.41, 5.74) is 7.08. The highest BCUT2D eigenvalue weighted by Crippen LogP contribution is 2.26. The molecule has 2 aromatic rings. The van der Waals surface area contributed by atoms with E-state index in [0.717, 1.165) is 21.6 Å². The fraction of sp³-hybridized carbons (Fsp3) is 0.286. The first kappa shape index (κ1) is 15.0. The van der Waals surface area contributed by atoms with Gasteiger partial charge in [0.2, 0.25) is 0 Å². The summed E-state index contributed by atoms with van der Waals surface area (Å²) in [6.07, 6.45) is 0. The topological polar surface area (TPSA) is 29.3 Å². The van der Waals surface area contributed by atoms with Crippen LogP contribution in [0.5, 0.6) is 0 Å². The summed E-state index contributed by atoms with van der Waals surface area (Å²) in [6.45, 7) is 1.45. The molecule has 0 aliphatic heterocycles. The number of nitrogens with two attached hydrogens (primary N) is 1. The summed E-state index contributed by atoms with van der Waals surface area (Å²) < 4.78 is 1.13. The van der Waals surface area contributed by atoms with E-state index in [1.807, 2.05) is 18.2 Å². The van der Waals surface area contributed by atoms with Crippen LogP contribution < -0.4 is 5.73 Å². The van der Waals surface area contributed by atoms with E-state index in [2.05, 4.69) is 45.4 Å². The van der Waals surface area contributed by atoms with Crippen molar-refractivity contribution in [2.45, 2.75) is 12.6 Å². The van der Waals surface area contributed by atoms with Gasteiger partial charge in [0, 0.05) is 38.9 Å². The molecule has 0 radical (unpaired) electrons. The standard InChI is InChI=1S/C14H16BrClN2S/c1-18(8-13-6-11(15)9-19-13)14(7-17)10-3-2-4-12(16)5-10/h2-6,9,14H,7-8,17H2,1H3. The first-order valence-corrected chi connectivity index (χ1v) is 8.04. The zero-order valence-electron chi connectivity index (χ0n) is 10.6. The normalized spacial score (nSPS) is 12.9. The molecule has 5 heteroatoms. The van der Waals surface area contributed by atoms with Crippen molar-refractivity contribution in [2.75, 3.05) is 13.6 Å². The Labute approximate surface area is 131 Å². The van der Waals surface area contributed by atoms with Crippen molar-refractivity contribution >= 4 is 38.9 Å². The molecule has 0 fully saturated rings. The number of hydrogen-bond donors (Lipinski definition) is 1. The Balaban J connectivity index is 2.12. The first-order chi connectivity index (χ1) is 9.10. The van der Waals surface area contributed by atoms with Gasteiger partial charge >= 0.3 is 0 Å². The highest BCUT2D eigenvalue weighted by atomic mass is 79.9. The fourth-order valence-electron chi connectivity index (χ4n) is 2.08. The summed E-state index contributed by atoms with van der Waals surface area (Å²) in [6, 6.07) is 10.2. The van der Waals surface area contributed by atoms with Crippen molar-refractivity contribution in [2.24, 2.45) is 5.73 Å². The minimum absolute atomic E-state index is 0.180. The smallest absolute Gasteiger partial charge is 0.0471 e. The second-order valence-electron chi connectivity index (χ2n) is 4.45. The van der Waals surface area contributed by atoms with Crippen LogP contribution in [-0.2, 0) is 6.54 Å². The predicted octanol–water partition coefficient (Wildman–Crippen LogP) is 4.30. The number of benzene rings is 1. The lowest BCUT2D eigenvalue weighted by Gasteiger charge is -2.27. The summed E-state index contributed by atoms with van der Waals surface area (Å²) in [5, 5.41) is 2.85. The highest BCUT2D eigenvalue weighted by molar-refractivity contribution is 9.10. The summed E-state index contributed by atoms with van der Waals surface area (Å²) in [4.78, 5) is 3.57. The van der Waals surface area contributed by atoms with E-state index in [9.17, 15) is 0 Å². The molecule has 2 nitrogen and oxygen atoms in total. The Hall–Kier alpha value is -0.390. The van der Waals surface area contributed by atoms with Crippen LogP contribution in [0.15, 0.2) is 40.2 Å². The van der Waals surface area contributed by atoms with E-state index >= 15 is 0 Å². The van der Waals surface area contributed by atoms with Gasteiger partial charge in [-0.25, -0.2) is 0 Å². The Kier molecular flexibility index (Phi) is 5.42. The van der Waals surface area contributed by atoms with Crippen LogP contribution >= 0.6 is 38.9 Å². The van der Waals surface area contributed by atoms with Gasteiger partial charge < -0.3 is 5.73 Å². The molecule has 2 rings (SSSR count). The Morgan fingerprint density at radius 3 is 2.79 bits per heavy atom. The van der Waals surface area contributed by atoms with Crippen molar-refractivity contribution in [3.63, 3.8) is 0 Å². The van der Waals surface area contributed by atoms with Crippen LogP contribution in [0.1, 0.15) is 16.5 Å². The molecule has 102 valence electrons. The van der Waals surface area contributed by atoms with Crippen LogP contribution in [0.25, 0.3) is 0 Å². The van der Waals surface area contributed by atoms with E-state index in [4.69, 9.17) is 17.3 Å². The van der Waals surface area contributed by atoms with Crippen molar-refractivity contribution in [3.8, 4) is 0 Å². The monoisotopic (exact) mass is 358 g/mol. The Morgan fingerprint density at radius 1 is 1.42 bits per heavy atom. The van der Waals surface area contributed by atoms with E-state index in [1.54, 1.807) is 11.3 Å². The van der Waals surface area contributed by atoms with E-state index in [0.29, 0.717) is 6.54 Å². The molecule has 0 aliphatic carbocycles. The average molecular weight is 360 g/mol. The first-order valence-electron chi connectivity index (χ1n) is 5.99. The summed E-state index contributed by atoms with van der Waals surface area (Å²) >= 11 is 11.3. The van der Waals surface area contributed by atoms with Crippen LogP contribution in [-0.4, -0.2) is 18.5 Å². The number of thiophene rings is 1. The number of hydrogen-bond acceptors (Lipinski definition) is 3. The largest absolute Gasteiger partial charge is 0.329 e. The minimum Gasteiger partial charge on any atom is -0.329 e. The molecule has 2 N–H and O–H groups in total. The van der Waals surface area contributed by atoms with E-state index < -0.39 is 0 Å². The van der Waals surface area contributed by atoms with Gasteiger partial charge in [-0.3, -0.25) is 4.90 Å². The summed E-state index contributed by atoms with van der Waals surface area (Å²) in [7, 11) is 2.09. The Bertz CT molecular complexity index is 544. The van der Waals surface area contributed by atoms with Crippen molar-refractivity contribution in [1.82, 2.24) is 4.90 Å². The second-order valence-corrected chi connectivity index (χ2v) is 6.80. The molecule has 1 unspecified atom stereocenters. The third kappa shape index (κ3) is 4.04. The lowest BCUT2D eigenvalue weighted by molar-refractivity contribution is 0.244. The van der Waals surface area contributed by atoms with E-state index in [-0.39, 0.29) is 6.04 Å². The van der Waals surface area contributed by atoms with Gasteiger partial charge in [-0.05, 0) is 46.7 Å². The third-order valence-electron chi connectivity index (χ3n) is 3.02. The molecule has 0 bridgehead atoms. The molecule has 1 heterocycles. The van der Waals surface area contributed by atoms with Gasteiger partial charge in [0.1, 0.15) is 0 Å². The maximum Gasteiger partial charge on any atom is 0.0471 e. The molecule has 0 saturated carbocycles. The number of rotatable bonds is 5. The molecule has 0 amide bonds. The van der Waals surface area contributed by atoms with Crippen molar-refractivity contribution < 1.29 is 0 Å². The summed E-state index contributed by atoms with van der Waals surface area (Å²) in [5.74, 6) is 0. The lowest BCUT2D eigenvalue weighted by atomic mass is 10.1. The molecule has 1 atom stereocenters. The molecule has 0 aliphatic rings. The number of nitrogens with zero attached hydrogens (tertiary/aromatic N) is 1. The molecule has 0 spiro atoms. The lowest BCUT2D eigenvalue weighted by Crippen LogP contribution is -2.29. The van der Waals surface area contributed by atoms with Crippen LogP contribution in [0, 0.1) is 0 Å². The molecule has 0 saturated heterocycles. The van der Waals surface area contributed by atoms with Crippen molar-refractivity contribution in [1.29, 1.82) is 0 Å². The average Bonchev–Trinajstić information content (AvgIpc) is 2.75. The zero-order valence-corrected chi connectivity index (χ0v) is 13.8. The zero-order chi connectivity index (χ0) is 13.8. The van der Waals surface area contributed by atoms with E-state index in [1.165, 1.54) is 4.88 Å². The van der Waals surface area contributed by atoms with Gasteiger partial charge in [0.15, 0.2) is 0 Å². The predicted molar refractivity (Wildman–Crippen MR) is 86.7 cm³/mol. The minimum atomic E-state index is 0.180. The second kappa shape index (κ2) is 6.86. The fourth-order valence-corrected chi connectivity index (χ4v) is 3.79. The van der Waals surface area contributed by atoms with Gasteiger partial charge in [0.05, 0.1) is 0 Å². The maximum atomic E-state index is 6.05. The molecule has 19 heavy (non-hydrogen) atoms. The van der Waals surface area contributed by atoms with Gasteiger partial charge in [0.25, 0.3) is 0 Å². The van der Waals surface area contributed by atoms with Crippen LogP contribution in [0.4, 0.5) is 0 Å².